The standard InChI is InChI=1S/C56H83N3O16/c1-12-45(63)71-44-31-47(65)70-41(19-16-18-38-22-24-39(25-23-38)42-21-14-15-27-57-42)20-17-28-59(10)33-43(62)34(3)30-40(26-29-60)52(53(44)67-11)74-55-50(66)49(58(8)9)51(35(4)69-55)73-48-32-56(7,75-37(6)61)54(36(5)68-48)72-46(64)13-2/h14-16,18,21-25,27,29,34-36,40-41,43-44,48-55,62,66H,12-13,17,19-20,26,28,30-33H2,1-11H3/b18-16+/t34-,35?,36?,40+,41+,43+,44-,48+,49?,50?,51-,52+,53+,54+,55+,56?/m1/s1. The zero-order chi connectivity index (χ0) is 55.0. The average Bonchev–Trinajstić information content (AvgIpc) is 3.35. The molecule has 5 rings (SSSR count). The van der Waals surface area contributed by atoms with Crippen molar-refractivity contribution < 1.29 is 76.8 Å². The second-order valence-corrected chi connectivity index (χ2v) is 20.7. The van der Waals surface area contributed by atoms with Gasteiger partial charge in [-0.25, -0.2) is 0 Å². The van der Waals surface area contributed by atoms with E-state index in [2.05, 4.69) is 4.98 Å². The molecule has 5 unspecified atom stereocenters. The van der Waals surface area contributed by atoms with E-state index in [0.717, 1.165) is 23.1 Å². The minimum atomic E-state index is -1.44. The van der Waals surface area contributed by atoms with Crippen molar-refractivity contribution >= 4 is 36.2 Å². The Labute approximate surface area is 442 Å². The van der Waals surface area contributed by atoms with Gasteiger partial charge in [-0.2, -0.15) is 0 Å². The van der Waals surface area contributed by atoms with Crippen LogP contribution >= 0.6 is 0 Å². The molecule has 75 heavy (non-hydrogen) atoms. The van der Waals surface area contributed by atoms with Crippen molar-refractivity contribution in [2.24, 2.45) is 11.8 Å². The highest BCUT2D eigenvalue weighted by molar-refractivity contribution is 5.73. The minimum Gasteiger partial charge on any atom is -0.462 e. The first kappa shape index (κ1) is 61.2. The van der Waals surface area contributed by atoms with Gasteiger partial charge in [0.1, 0.15) is 36.8 Å². The number of carbonyl (C=O) groups excluding carboxylic acids is 5. The highest BCUT2D eigenvalue weighted by Gasteiger charge is 2.54. The Hall–Kier alpha value is -4.70. The van der Waals surface area contributed by atoms with Crippen LogP contribution in [-0.2, 0) is 66.6 Å². The third-order valence-corrected chi connectivity index (χ3v) is 14.4. The van der Waals surface area contributed by atoms with Gasteiger partial charge in [0.25, 0.3) is 0 Å². The first-order valence-electron chi connectivity index (χ1n) is 26.5. The molecule has 19 nitrogen and oxygen atoms in total. The monoisotopic (exact) mass is 1050 g/mol. The van der Waals surface area contributed by atoms with Crippen LogP contribution in [0.4, 0.5) is 0 Å². The van der Waals surface area contributed by atoms with E-state index in [1.807, 2.05) is 73.5 Å². The lowest BCUT2D eigenvalue weighted by molar-refractivity contribution is -0.344. The number of β-amino-alcohol motifs (C(OH)–C–C–N with tert-alkyl or cyclic N) is 1. The Morgan fingerprint density at radius 1 is 0.933 bits per heavy atom. The number of hydrogen-bond acceptors (Lipinski definition) is 19. The molecule has 16 atom stereocenters. The van der Waals surface area contributed by atoms with E-state index in [-0.39, 0.29) is 32.1 Å². The van der Waals surface area contributed by atoms with Gasteiger partial charge in [-0.05, 0) is 97.3 Å². The van der Waals surface area contributed by atoms with Crippen molar-refractivity contribution in [3.8, 4) is 11.3 Å². The summed E-state index contributed by atoms with van der Waals surface area (Å²) in [7, 11) is 6.80. The van der Waals surface area contributed by atoms with E-state index in [0.29, 0.717) is 32.4 Å². The van der Waals surface area contributed by atoms with Crippen molar-refractivity contribution in [1.82, 2.24) is 14.8 Å². The lowest BCUT2D eigenvalue weighted by Gasteiger charge is -2.50. The molecule has 3 saturated heterocycles. The van der Waals surface area contributed by atoms with Gasteiger partial charge in [-0.15, -0.1) is 0 Å². The van der Waals surface area contributed by atoms with Gasteiger partial charge in [-0.1, -0.05) is 63.3 Å². The van der Waals surface area contributed by atoms with E-state index in [4.69, 9.17) is 42.6 Å². The largest absolute Gasteiger partial charge is 0.462 e. The SMILES string of the molecule is CCC(=O)O[C@@H]1CC(=O)O[C@@H](C/C=C/c2ccc(-c3ccccn3)cc2)CCCN(C)C[C@H](O)[C@H](C)C[C@H](CC=O)[C@H](O[C@@H]2OC(C)[C@@H](O[C@H]3CC(C)(OC(C)=O)[C@@H](OC(=O)CC)C(C)O3)C(N(C)C)C2O)[C@H]1OC. The van der Waals surface area contributed by atoms with Crippen molar-refractivity contribution in [2.45, 2.75) is 192 Å². The van der Waals surface area contributed by atoms with Crippen molar-refractivity contribution in [3.63, 3.8) is 0 Å². The summed E-state index contributed by atoms with van der Waals surface area (Å²) in [5.41, 5.74) is 1.46. The zero-order valence-electron chi connectivity index (χ0n) is 45.7. The number of methoxy groups -OCH3 is 1. The highest BCUT2D eigenvalue weighted by Crippen LogP contribution is 2.39. The molecule has 2 N–H and O–H groups in total. The second-order valence-electron chi connectivity index (χ2n) is 20.7. The number of aromatic nitrogens is 1. The van der Waals surface area contributed by atoms with Crippen LogP contribution in [0.3, 0.4) is 0 Å². The molecule has 0 amide bonds. The summed E-state index contributed by atoms with van der Waals surface area (Å²) < 4.78 is 56.2. The van der Waals surface area contributed by atoms with Crippen LogP contribution in [-0.4, -0.2) is 182 Å². The van der Waals surface area contributed by atoms with Crippen LogP contribution in [0.2, 0.25) is 0 Å². The number of hydrogen-bond donors (Lipinski definition) is 2. The number of rotatable bonds is 17. The lowest BCUT2D eigenvalue weighted by atomic mass is 9.82. The fourth-order valence-electron chi connectivity index (χ4n) is 10.5. The number of aliphatic hydroxyl groups is 2. The molecule has 0 aliphatic carbocycles. The van der Waals surface area contributed by atoms with Gasteiger partial charge in [0.15, 0.2) is 24.3 Å². The third-order valence-electron chi connectivity index (χ3n) is 14.4. The molecule has 0 radical (unpaired) electrons. The molecule has 1 aromatic heterocycles. The molecule has 2 aromatic rings. The zero-order valence-corrected chi connectivity index (χ0v) is 45.7. The lowest BCUT2D eigenvalue weighted by Crippen LogP contribution is -2.66. The smallest absolute Gasteiger partial charge is 0.309 e. The third kappa shape index (κ3) is 17.4. The number of nitrogens with zero attached hydrogens (tertiary/aromatic N) is 3. The second kappa shape index (κ2) is 29.2. The molecule has 4 heterocycles. The Kier molecular flexibility index (Phi) is 23.8. The summed E-state index contributed by atoms with van der Waals surface area (Å²) in [6.07, 6.45) is -4.67. The van der Waals surface area contributed by atoms with Gasteiger partial charge in [0, 0.05) is 64.4 Å². The number of benzene rings is 1. The maximum atomic E-state index is 14.2. The first-order valence-corrected chi connectivity index (χ1v) is 26.5. The fraction of sp³-hybridized carbons (Fsp3) is 0.679. The van der Waals surface area contributed by atoms with Gasteiger partial charge in [-0.3, -0.25) is 24.2 Å². The minimum absolute atomic E-state index is 0.0251. The van der Waals surface area contributed by atoms with Gasteiger partial charge < -0.3 is 67.4 Å². The van der Waals surface area contributed by atoms with Crippen LogP contribution in [0.15, 0.2) is 54.7 Å². The van der Waals surface area contributed by atoms with Gasteiger partial charge in [0.05, 0.1) is 42.6 Å². The van der Waals surface area contributed by atoms with Crippen molar-refractivity contribution in [1.29, 1.82) is 0 Å². The molecular weight excluding hydrogens is 971 g/mol. The molecule has 0 saturated carbocycles. The number of aliphatic hydroxyl groups excluding tert-OH is 2. The normalized spacial score (nSPS) is 33.8. The topological polar surface area (TPSA) is 228 Å². The van der Waals surface area contributed by atoms with E-state index in [9.17, 15) is 34.2 Å². The molecular formula is C56H83N3O16. The summed E-state index contributed by atoms with van der Waals surface area (Å²) in [4.78, 5) is 73.2. The number of pyridine rings is 1. The molecule has 1 aromatic carbocycles. The molecule has 3 aliphatic rings. The predicted octanol–water partition coefficient (Wildman–Crippen LogP) is 5.69. The van der Waals surface area contributed by atoms with E-state index >= 15 is 0 Å². The summed E-state index contributed by atoms with van der Waals surface area (Å²) in [6, 6.07) is 12.9. The quantitative estimate of drug-likeness (QED) is 0.110. The summed E-state index contributed by atoms with van der Waals surface area (Å²) in [5.74, 6) is -3.46. The predicted molar refractivity (Wildman–Crippen MR) is 276 cm³/mol. The Morgan fingerprint density at radius 2 is 1.64 bits per heavy atom. The Balaban J connectivity index is 1.44. The Bertz CT molecular complexity index is 2150. The first-order chi connectivity index (χ1) is 35.7. The van der Waals surface area contributed by atoms with E-state index < -0.39 is 127 Å². The maximum absolute atomic E-state index is 14.2. The van der Waals surface area contributed by atoms with Crippen molar-refractivity contribution in [3.05, 3.63) is 60.3 Å². The molecule has 3 aliphatic heterocycles. The summed E-state index contributed by atoms with van der Waals surface area (Å²) >= 11 is 0. The van der Waals surface area contributed by atoms with Crippen LogP contribution in [0.1, 0.15) is 112 Å². The van der Waals surface area contributed by atoms with Crippen molar-refractivity contribution in [2.75, 3.05) is 41.3 Å². The van der Waals surface area contributed by atoms with Crippen LogP contribution < -0.4 is 0 Å². The molecule has 418 valence electrons. The van der Waals surface area contributed by atoms with Crippen LogP contribution in [0.25, 0.3) is 17.3 Å². The number of carbonyl (C=O) groups is 5. The number of cyclic esters (lactones) is 1. The average molecular weight is 1050 g/mol. The maximum Gasteiger partial charge on any atom is 0.309 e. The van der Waals surface area contributed by atoms with Gasteiger partial charge in [0.2, 0.25) is 0 Å². The van der Waals surface area contributed by atoms with E-state index in [1.54, 1.807) is 59.8 Å². The molecule has 0 spiro atoms. The summed E-state index contributed by atoms with van der Waals surface area (Å²) in [5, 5.41) is 24.1. The highest BCUT2D eigenvalue weighted by atomic mass is 16.7. The molecule has 0 bridgehead atoms. The van der Waals surface area contributed by atoms with Crippen LogP contribution in [0, 0.1) is 11.8 Å². The van der Waals surface area contributed by atoms with Crippen LogP contribution in [0.5, 0.6) is 0 Å². The number of aldehydes is 1. The van der Waals surface area contributed by atoms with E-state index in [1.165, 1.54) is 14.0 Å². The fourth-order valence-corrected chi connectivity index (χ4v) is 10.5. The number of likely N-dealkylation sites (N-methyl/N-ethyl adjacent to an activating group) is 2. The molecule has 3 fully saturated rings. The summed E-state index contributed by atoms with van der Waals surface area (Å²) in [6.45, 7) is 12.4. The number of esters is 4. The molecule has 19 heteroatoms. The Morgan fingerprint density at radius 3 is 2.27 bits per heavy atom. The number of ether oxygens (including phenoxy) is 9. The van der Waals surface area contributed by atoms with Gasteiger partial charge >= 0.3 is 23.9 Å².